The van der Waals surface area contributed by atoms with Crippen LogP contribution in [0.4, 0.5) is 5.69 Å². The van der Waals surface area contributed by atoms with Crippen LogP contribution in [0.3, 0.4) is 0 Å². The second kappa shape index (κ2) is 5.64. The number of hydrogen-bond acceptors (Lipinski definition) is 4. The molecule has 2 rings (SSSR count). The van der Waals surface area contributed by atoms with Crippen LogP contribution in [0.2, 0.25) is 0 Å². The molecule has 18 heavy (non-hydrogen) atoms. The Kier molecular flexibility index (Phi) is 3.94. The number of anilines is 1. The average molecular weight is 261 g/mol. The van der Waals surface area contributed by atoms with E-state index in [9.17, 15) is 4.79 Å². The Morgan fingerprint density at radius 2 is 2.06 bits per heavy atom. The third-order valence-corrected chi connectivity index (χ3v) is 3.27. The molecule has 1 N–H and O–H groups in total. The molecule has 0 saturated carbocycles. The lowest BCUT2D eigenvalue weighted by Gasteiger charge is -2.11. The summed E-state index contributed by atoms with van der Waals surface area (Å²) in [5.41, 5.74) is 3.51. The van der Waals surface area contributed by atoms with Crippen LogP contribution < -0.4 is 5.32 Å². The van der Waals surface area contributed by atoms with Gasteiger partial charge in [-0.3, -0.25) is 9.78 Å². The van der Waals surface area contributed by atoms with Crippen LogP contribution >= 0.6 is 11.3 Å². The summed E-state index contributed by atoms with van der Waals surface area (Å²) < 4.78 is 0. The lowest BCUT2D eigenvalue weighted by Crippen LogP contribution is -2.21. The third kappa shape index (κ3) is 3.07. The van der Waals surface area contributed by atoms with E-state index in [1.807, 2.05) is 36.0 Å². The van der Waals surface area contributed by atoms with Gasteiger partial charge in [0.15, 0.2) is 0 Å². The zero-order valence-electron chi connectivity index (χ0n) is 10.4. The quantitative estimate of drug-likeness (QED) is 0.919. The molecule has 1 aromatic heterocycles. The number of rotatable bonds is 4. The van der Waals surface area contributed by atoms with Crippen LogP contribution in [0, 0.1) is 0 Å². The van der Waals surface area contributed by atoms with Crippen LogP contribution in [-0.2, 0) is 6.54 Å². The van der Waals surface area contributed by atoms with Crippen molar-refractivity contribution in [2.75, 3.05) is 19.4 Å². The van der Waals surface area contributed by atoms with E-state index in [1.54, 1.807) is 30.3 Å². The minimum Gasteiger partial charge on any atom is -0.380 e. The number of aromatic nitrogens is 1. The largest absolute Gasteiger partial charge is 0.380 e. The van der Waals surface area contributed by atoms with E-state index < -0.39 is 0 Å². The fourth-order valence-electron chi connectivity index (χ4n) is 1.51. The maximum Gasteiger partial charge on any atom is 0.253 e. The molecule has 0 radical (unpaired) electrons. The van der Waals surface area contributed by atoms with Crippen molar-refractivity contribution in [1.29, 1.82) is 0 Å². The molecule has 0 atom stereocenters. The Balaban J connectivity index is 1.97. The van der Waals surface area contributed by atoms with Crippen LogP contribution in [-0.4, -0.2) is 29.9 Å². The van der Waals surface area contributed by atoms with Crippen LogP contribution in [0.15, 0.2) is 36.0 Å². The van der Waals surface area contributed by atoms with Crippen molar-refractivity contribution < 1.29 is 4.79 Å². The highest BCUT2D eigenvalue weighted by atomic mass is 32.1. The first-order valence-electron chi connectivity index (χ1n) is 5.60. The van der Waals surface area contributed by atoms with Gasteiger partial charge in [0.25, 0.3) is 5.91 Å². The Hall–Kier alpha value is -1.88. The first kappa shape index (κ1) is 12.6. The number of amides is 1. The van der Waals surface area contributed by atoms with Crippen molar-refractivity contribution >= 4 is 22.9 Å². The molecule has 0 fully saturated rings. The number of nitrogens with one attached hydrogen (secondary N) is 1. The fraction of sp³-hybridized carbons (Fsp3) is 0.231. The molecule has 0 saturated heterocycles. The number of carbonyl (C=O) groups is 1. The summed E-state index contributed by atoms with van der Waals surface area (Å²) in [6, 6.07) is 7.49. The molecule has 0 aliphatic rings. The van der Waals surface area contributed by atoms with Crippen molar-refractivity contribution in [3.05, 3.63) is 46.4 Å². The predicted octanol–water partition coefficient (Wildman–Crippen LogP) is 2.46. The molecular formula is C13H15N3OS. The molecule has 1 aromatic carbocycles. The second-order valence-corrected chi connectivity index (χ2v) is 5.07. The summed E-state index contributed by atoms with van der Waals surface area (Å²) >= 11 is 1.62. The molecule has 0 bridgehead atoms. The van der Waals surface area contributed by atoms with Crippen molar-refractivity contribution in [3.63, 3.8) is 0 Å². The van der Waals surface area contributed by atoms with Crippen LogP contribution in [0.5, 0.6) is 0 Å². The van der Waals surface area contributed by atoms with Gasteiger partial charge < -0.3 is 10.2 Å². The monoisotopic (exact) mass is 261 g/mol. The van der Waals surface area contributed by atoms with E-state index in [2.05, 4.69) is 10.3 Å². The summed E-state index contributed by atoms with van der Waals surface area (Å²) in [5.74, 6) is 0.0176. The predicted molar refractivity (Wildman–Crippen MR) is 73.9 cm³/mol. The van der Waals surface area contributed by atoms with E-state index in [4.69, 9.17) is 0 Å². The molecule has 1 heterocycles. The molecule has 0 aliphatic carbocycles. The van der Waals surface area contributed by atoms with Gasteiger partial charge >= 0.3 is 0 Å². The first-order valence-corrected chi connectivity index (χ1v) is 6.48. The summed E-state index contributed by atoms with van der Waals surface area (Å²) in [6.45, 7) is 0.756. The van der Waals surface area contributed by atoms with Gasteiger partial charge in [0, 0.05) is 36.4 Å². The van der Waals surface area contributed by atoms with Gasteiger partial charge in [-0.1, -0.05) is 0 Å². The van der Waals surface area contributed by atoms with Gasteiger partial charge in [-0.25, -0.2) is 0 Å². The Labute approximate surface area is 110 Å². The lowest BCUT2D eigenvalue weighted by atomic mass is 10.2. The Bertz CT molecular complexity index is 506. The Morgan fingerprint density at radius 1 is 1.33 bits per heavy atom. The van der Waals surface area contributed by atoms with E-state index >= 15 is 0 Å². The number of thiazole rings is 1. The maximum absolute atomic E-state index is 11.7. The smallest absolute Gasteiger partial charge is 0.253 e. The van der Waals surface area contributed by atoms with E-state index in [0.29, 0.717) is 5.56 Å². The topological polar surface area (TPSA) is 45.2 Å². The van der Waals surface area contributed by atoms with Crippen molar-refractivity contribution in [2.45, 2.75) is 6.54 Å². The normalized spacial score (nSPS) is 10.1. The standard InChI is InChI=1S/C13H15N3OS/c1-16(2)13(17)10-3-5-11(6-4-10)15-8-12-7-14-9-18-12/h3-7,9,15H,8H2,1-2H3. The SMILES string of the molecule is CN(C)C(=O)c1ccc(NCc2cncs2)cc1. The number of hydrogen-bond donors (Lipinski definition) is 1. The van der Waals surface area contributed by atoms with Gasteiger partial charge in [0.2, 0.25) is 0 Å². The highest BCUT2D eigenvalue weighted by Gasteiger charge is 2.06. The molecule has 0 aliphatic heterocycles. The molecule has 5 heteroatoms. The van der Waals surface area contributed by atoms with Gasteiger partial charge in [0.1, 0.15) is 0 Å². The highest BCUT2D eigenvalue weighted by Crippen LogP contribution is 2.13. The molecule has 94 valence electrons. The number of nitrogens with zero attached hydrogens (tertiary/aromatic N) is 2. The molecule has 0 spiro atoms. The minimum absolute atomic E-state index is 0.0176. The summed E-state index contributed by atoms with van der Waals surface area (Å²) in [7, 11) is 3.50. The molecular weight excluding hydrogens is 246 g/mol. The fourth-order valence-corrected chi connectivity index (χ4v) is 2.04. The van der Waals surface area contributed by atoms with Gasteiger partial charge in [-0.05, 0) is 24.3 Å². The first-order chi connectivity index (χ1) is 8.66. The van der Waals surface area contributed by atoms with Gasteiger partial charge in [0.05, 0.1) is 12.1 Å². The molecule has 2 aromatic rings. The van der Waals surface area contributed by atoms with Crippen LogP contribution in [0.25, 0.3) is 0 Å². The third-order valence-electron chi connectivity index (χ3n) is 2.49. The lowest BCUT2D eigenvalue weighted by molar-refractivity contribution is 0.0827. The van der Waals surface area contributed by atoms with E-state index in [0.717, 1.165) is 12.2 Å². The molecule has 1 amide bonds. The van der Waals surface area contributed by atoms with Crippen molar-refractivity contribution in [3.8, 4) is 0 Å². The minimum atomic E-state index is 0.0176. The molecule has 0 unspecified atom stereocenters. The van der Waals surface area contributed by atoms with Gasteiger partial charge in [-0.2, -0.15) is 0 Å². The highest BCUT2D eigenvalue weighted by molar-refractivity contribution is 7.09. The Morgan fingerprint density at radius 3 is 2.61 bits per heavy atom. The second-order valence-electron chi connectivity index (χ2n) is 4.10. The summed E-state index contributed by atoms with van der Waals surface area (Å²) in [6.07, 6.45) is 1.85. The maximum atomic E-state index is 11.7. The van der Waals surface area contributed by atoms with E-state index in [-0.39, 0.29) is 5.91 Å². The van der Waals surface area contributed by atoms with Crippen LogP contribution in [0.1, 0.15) is 15.2 Å². The average Bonchev–Trinajstić information content (AvgIpc) is 2.89. The molecule has 4 nitrogen and oxygen atoms in total. The zero-order valence-corrected chi connectivity index (χ0v) is 11.2. The summed E-state index contributed by atoms with van der Waals surface area (Å²) in [4.78, 5) is 18.5. The number of carbonyl (C=O) groups excluding carboxylic acids is 1. The zero-order chi connectivity index (χ0) is 13.0. The van der Waals surface area contributed by atoms with E-state index in [1.165, 1.54) is 4.88 Å². The van der Waals surface area contributed by atoms with Crippen molar-refractivity contribution in [2.24, 2.45) is 0 Å². The number of benzene rings is 1. The van der Waals surface area contributed by atoms with Gasteiger partial charge in [-0.15, -0.1) is 11.3 Å². The summed E-state index contributed by atoms with van der Waals surface area (Å²) in [5, 5.41) is 3.29. The van der Waals surface area contributed by atoms with Crippen molar-refractivity contribution in [1.82, 2.24) is 9.88 Å².